The fourth-order valence-electron chi connectivity index (χ4n) is 2.14. The molecule has 0 saturated carbocycles. The Morgan fingerprint density at radius 1 is 1.12 bits per heavy atom. The molecule has 0 heterocycles. The standard InChI is InChI=1S/C12H16O2S.C8H10O/c1-8(12(15)9(2)14)11-5-3-10(7-13)4-6-11;1-7-3-5-8(9-2)6-4-7/h3-6,8,12-13,15H,7H2,1-2H3;3-6H,1-2H3. The van der Waals surface area contributed by atoms with Crippen LogP contribution in [0.1, 0.15) is 36.5 Å². The number of methoxy groups -OCH3 is 1. The molecule has 0 aliphatic rings. The minimum Gasteiger partial charge on any atom is -0.497 e. The van der Waals surface area contributed by atoms with Crippen molar-refractivity contribution in [3.05, 3.63) is 65.2 Å². The number of aliphatic hydroxyl groups is 1. The van der Waals surface area contributed by atoms with Crippen LogP contribution in [0.2, 0.25) is 0 Å². The van der Waals surface area contributed by atoms with Crippen molar-refractivity contribution in [1.29, 1.82) is 0 Å². The Morgan fingerprint density at radius 2 is 1.67 bits per heavy atom. The number of Topliss-reactive ketones (excluding diaryl/α,β-unsaturated/α-hetero) is 1. The van der Waals surface area contributed by atoms with E-state index in [0.717, 1.165) is 16.9 Å². The van der Waals surface area contributed by atoms with Crippen LogP contribution < -0.4 is 4.74 Å². The molecule has 2 unspecified atom stereocenters. The third-order valence-electron chi connectivity index (χ3n) is 3.83. The van der Waals surface area contributed by atoms with E-state index in [2.05, 4.69) is 19.6 Å². The minimum absolute atomic E-state index is 0.0473. The van der Waals surface area contributed by atoms with Crippen LogP contribution in [0.25, 0.3) is 0 Å². The van der Waals surface area contributed by atoms with Crippen LogP contribution in [-0.4, -0.2) is 23.2 Å². The van der Waals surface area contributed by atoms with Gasteiger partial charge in [-0.3, -0.25) is 4.79 Å². The minimum atomic E-state index is -0.259. The van der Waals surface area contributed by atoms with Gasteiger partial charge in [0.25, 0.3) is 0 Å². The summed E-state index contributed by atoms with van der Waals surface area (Å²) in [4.78, 5) is 11.2. The van der Waals surface area contributed by atoms with Crippen molar-refractivity contribution in [1.82, 2.24) is 0 Å². The van der Waals surface area contributed by atoms with Crippen LogP contribution in [0, 0.1) is 6.92 Å². The summed E-state index contributed by atoms with van der Waals surface area (Å²) in [6.07, 6.45) is 0. The molecule has 2 aromatic carbocycles. The first-order valence-corrected chi connectivity index (χ1v) is 8.39. The van der Waals surface area contributed by atoms with Gasteiger partial charge in [0.05, 0.1) is 19.0 Å². The third-order valence-corrected chi connectivity index (χ3v) is 4.65. The predicted molar refractivity (Wildman–Crippen MR) is 102 cm³/mol. The number of ether oxygens (including phenoxy) is 1. The first kappa shape index (κ1) is 20.3. The molecule has 2 rings (SSSR count). The normalized spacial score (nSPS) is 12.6. The number of benzene rings is 2. The van der Waals surface area contributed by atoms with Crippen LogP contribution in [0.5, 0.6) is 5.75 Å². The fourth-order valence-corrected chi connectivity index (χ4v) is 2.31. The zero-order valence-electron chi connectivity index (χ0n) is 14.7. The number of carbonyl (C=O) groups is 1. The van der Waals surface area contributed by atoms with Gasteiger partial charge >= 0.3 is 0 Å². The number of rotatable bonds is 5. The smallest absolute Gasteiger partial charge is 0.143 e. The van der Waals surface area contributed by atoms with Gasteiger partial charge in [0.2, 0.25) is 0 Å². The average Bonchev–Trinajstić information content (AvgIpc) is 2.61. The van der Waals surface area contributed by atoms with E-state index in [9.17, 15) is 4.79 Å². The summed E-state index contributed by atoms with van der Waals surface area (Å²) < 4.78 is 4.97. The van der Waals surface area contributed by atoms with E-state index in [1.165, 1.54) is 5.56 Å². The highest BCUT2D eigenvalue weighted by Crippen LogP contribution is 2.23. The van der Waals surface area contributed by atoms with Gasteiger partial charge < -0.3 is 9.84 Å². The lowest BCUT2D eigenvalue weighted by molar-refractivity contribution is -0.116. The molecule has 0 aliphatic heterocycles. The first-order valence-electron chi connectivity index (χ1n) is 7.88. The van der Waals surface area contributed by atoms with Crippen LogP contribution in [-0.2, 0) is 11.4 Å². The van der Waals surface area contributed by atoms with E-state index in [4.69, 9.17) is 9.84 Å². The Bertz CT molecular complexity index is 620. The highest BCUT2D eigenvalue weighted by atomic mass is 32.1. The molecule has 0 radical (unpaired) electrons. The van der Waals surface area contributed by atoms with E-state index in [-0.39, 0.29) is 23.6 Å². The number of aliphatic hydroxyl groups excluding tert-OH is 1. The number of aryl methyl sites for hydroxylation is 1. The molecule has 0 bridgehead atoms. The monoisotopic (exact) mass is 346 g/mol. The Balaban J connectivity index is 0.000000272. The molecule has 0 spiro atoms. The van der Waals surface area contributed by atoms with Crippen molar-refractivity contribution < 1.29 is 14.6 Å². The first-order chi connectivity index (χ1) is 11.4. The zero-order chi connectivity index (χ0) is 18.1. The van der Waals surface area contributed by atoms with Crippen molar-refractivity contribution in [2.45, 2.75) is 38.5 Å². The Labute approximate surface area is 150 Å². The summed E-state index contributed by atoms with van der Waals surface area (Å²) >= 11 is 4.28. The van der Waals surface area contributed by atoms with E-state index >= 15 is 0 Å². The number of hydrogen-bond acceptors (Lipinski definition) is 4. The second-order valence-corrected chi connectivity index (χ2v) is 6.32. The molecule has 0 fully saturated rings. The van der Waals surface area contributed by atoms with Crippen molar-refractivity contribution in [2.75, 3.05) is 7.11 Å². The molecule has 1 N–H and O–H groups in total. The molecule has 0 amide bonds. The molecular weight excluding hydrogens is 320 g/mol. The molecule has 3 nitrogen and oxygen atoms in total. The summed E-state index contributed by atoms with van der Waals surface area (Å²) in [6.45, 7) is 5.63. The Morgan fingerprint density at radius 3 is 2.08 bits per heavy atom. The molecule has 0 aromatic heterocycles. The SMILES string of the molecule is CC(=O)C(S)C(C)c1ccc(CO)cc1.COc1ccc(C)cc1. The van der Waals surface area contributed by atoms with Gasteiger partial charge in [-0.25, -0.2) is 0 Å². The average molecular weight is 346 g/mol. The number of thiol groups is 1. The van der Waals surface area contributed by atoms with E-state index < -0.39 is 0 Å². The molecular formula is C20H26O3S. The molecule has 4 heteroatoms. The van der Waals surface area contributed by atoms with Crippen molar-refractivity contribution >= 4 is 18.4 Å². The summed E-state index contributed by atoms with van der Waals surface area (Å²) in [7, 11) is 1.67. The second kappa shape index (κ2) is 10.2. The molecule has 2 aromatic rings. The van der Waals surface area contributed by atoms with Gasteiger partial charge in [0.15, 0.2) is 0 Å². The number of carbonyl (C=O) groups excluding carboxylic acids is 1. The van der Waals surface area contributed by atoms with Gasteiger partial charge in [-0.15, -0.1) is 0 Å². The van der Waals surface area contributed by atoms with Crippen LogP contribution in [0.15, 0.2) is 48.5 Å². The maximum Gasteiger partial charge on any atom is 0.143 e. The number of hydrogen-bond donors (Lipinski definition) is 2. The molecule has 2 atom stereocenters. The lowest BCUT2D eigenvalue weighted by Gasteiger charge is -2.17. The molecule has 0 aliphatic carbocycles. The Kier molecular flexibility index (Phi) is 8.58. The lowest BCUT2D eigenvalue weighted by atomic mass is 9.95. The van der Waals surface area contributed by atoms with Crippen LogP contribution >= 0.6 is 12.6 Å². The van der Waals surface area contributed by atoms with Gasteiger partial charge in [-0.1, -0.05) is 48.9 Å². The van der Waals surface area contributed by atoms with E-state index in [1.807, 2.05) is 55.5 Å². The maximum atomic E-state index is 11.2. The highest BCUT2D eigenvalue weighted by Gasteiger charge is 2.18. The maximum absolute atomic E-state index is 11.2. The highest BCUT2D eigenvalue weighted by molar-refractivity contribution is 7.81. The van der Waals surface area contributed by atoms with Crippen molar-refractivity contribution in [2.24, 2.45) is 0 Å². The Hall–Kier alpha value is -1.78. The summed E-state index contributed by atoms with van der Waals surface area (Å²) in [5, 5.41) is 8.64. The number of ketones is 1. The van der Waals surface area contributed by atoms with Gasteiger partial charge in [-0.05, 0) is 43.0 Å². The van der Waals surface area contributed by atoms with Crippen LogP contribution in [0.3, 0.4) is 0 Å². The van der Waals surface area contributed by atoms with Gasteiger partial charge in [-0.2, -0.15) is 12.6 Å². The fraction of sp³-hybridized carbons (Fsp3) is 0.350. The van der Waals surface area contributed by atoms with Crippen molar-refractivity contribution in [3.8, 4) is 5.75 Å². The third kappa shape index (κ3) is 6.38. The van der Waals surface area contributed by atoms with Gasteiger partial charge in [0.1, 0.15) is 11.5 Å². The largest absolute Gasteiger partial charge is 0.497 e. The van der Waals surface area contributed by atoms with Crippen molar-refractivity contribution in [3.63, 3.8) is 0 Å². The molecule has 0 saturated heterocycles. The summed E-state index contributed by atoms with van der Waals surface area (Å²) in [5.41, 5.74) is 3.21. The predicted octanol–water partition coefficient (Wildman–Crippen LogP) is 4.17. The van der Waals surface area contributed by atoms with E-state index in [0.29, 0.717) is 0 Å². The topological polar surface area (TPSA) is 46.5 Å². The zero-order valence-corrected chi connectivity index (χ0v) is 15.6. The van der Waals surface area contributed by atoms with Crippen LogP contribution in [0.4, 0.5) is 0 Å². The summed E-state index contributed by atoms with van der Waals surface area (Å²) in [6, 6.07) is 15.6. The van der Waals surface area contributed by atoms with E-state index in [1.54, 1.807) is 14.0 Å². The quantitative estimate of drug-likeness (QED) is 0.799. The molecule has 24 heavy (non-hydrogen) atoms. The van der Waals surface area contributed by atoms with Gasteiger partial charge in [0, 0.05) is 0 Å². The summed E-state index contributed by atoms with van der Waals surface area (Å²) in [5.74, 6) is 1.09. The second-order valence-electron chi connectivity index (χ2n) is 5.76. The molecule has 130 valence electrons. The lowest BCUT2D eigenvalue weighted by Crippen LogP contribution is -2.18.